The van der Waals surface area contributed by atoms with Gasteiger partial charge in [-0.15, -0.1) is 11.3 Å². The molecule has 0 amide bonds. The smallest absolute Gasteiger partial charge is 0.0385 e. The van der Waals surface area contributed by atoms with Crippen LogP contribution in [0.25, 0.3) is 10.1 Å². The van der Waals surface area contributed by atoms with Crippen molar-refractivity contribution in [1.82, 2.24) is 0 Å². The van der Waals surface area contributed by atoms with Crippen LogP contribution >= 0.6 is 56.5 Å². The topological polar surface area (TPSA) is 0 Å². The molecule has 0 nitrogen and oxygen atoms in total. The summed E-state index contributed by atoms with van der Waals surface area (Å²) in [6, 6.07) is 4.53. The van der Waals surface area contributed by atoms with Gasteiger partial charge in [-0.1, -0.05) is 6.92 Å². The summed E-state index contributed by atoms with van der Waals surface area (Å²) in [6.07, 6.45) is 1.13. The Morgan fingerprint density at radius 3 is 2.85 bits per heavy atom. The van der Waals surface area contributed by atoms with Crippen molar-refractivity contribution in [3.63, 3.8) is 0 Å². The molecule has 0 unspecified atom stereocenters. The molecule has 0 atom stereocenters. The van der Waals surface area contributed by atoms with Crippen LogP contribution in [0.3, 0.4) is 0 Å². The van der Waals surface area contributed by atoms with Gasteiger partial charge in [0.05, 0.1) is 0 Å². The molecule has 3 heteroatoms. The Balaban J connectivity index is 2.87. The standard InChI is InChI=1S/C10H8I2S/c1-2-6-5-8(11)9(12)7-3-4-13-10(6)7/h3-5H,2H2,1H3. The summed E-state index contributed by atoms with van der Waals surface area (Å²) < 4.78 is 4.24. The van der Waals surface area contributed by atoms with Crippen LogP contribution in [0.5, 0.6) is 0 Å². The lowest BCUT2D eigenvalue weighted by Crippen LogP contribution is -1.86. The Morgan fingerprint density at radius 1 is 1.38 bits per heavy atom. The van der Waals surface area contributed by atoms with Crippen molar-refractivity contribution in [1.29, 1.82) is 0 Å². The molecule has 68 valence electrons. The quantitative estimate of drug-likeness (QED) is 0.596. The molecular formula is C10H8I2S. The maximum absolute atomic E-state index is 2.43. The Kier molecular flexibility index (Phi) is 3.14. The van der Waals surface area contributed by atoms with Crippen molar-refractivity contribution in [3.05, 3.63) is 30.2 Å². The van der Waals surface area contributed by atoms with Gasteiger partial charge in [0.2, 0.25) is 0 Å². The molecule has 0 saturated carbocycles. The Hall–Kier alpha value is 0.640. The summed E-state index contributed by atoms with van der Waals surface area (Å²) in [7, 11) is 0. The van der Waals surface area contributed by atoms with E-state index in [1.54, 1.807) is 0 Å². The molecule has 0 saturated heterocycles. The summed E-state index contributed by atoms with van der Waals surface area (Å²) in [5, 5.41) is 3.61. The minimum Gasteiger partial charge on any atom is -0.143 e. The highest BCUT2D eigenvalue weighted by Gasteiger charge is 2.07. The molecule has 0 aliphatic heterocycles. The first kappa shape index (κ1) is 10.2. The van der Waals surface area contributed by atoms with E-state index in [2.05, 4.69) is 69.6 Å². The second kappa shape index (κ2) is 4.02. The van der Waals surface area contributed by atoms with Gasteiger partial charge in [-0.25, -0.2) is 0 Å². The summed E-state index contributed by atoms with van der Waals surface area (Å²) in [4.78, 5) is 0. The molecule has 1 aromatic heterocycles. The molecule has 0 N–H and O–H groups in total. The number of hydrogen-bond acceptors (Lipinski definition) is 1. The predicted octanol–water partition coefficient (Wildman–Crippen LogP) is 4.67. The van der Waals surface area contributed by atoms with Crippen molar-refractivity contribution in [3.8, 4) is 0 Å². The number of fused-ring (bicyclic) bond motifs is 1. The third-order valence-corrected chi connectivity index (χ3v) is 6.12. The van der Waals surface area contributed by atoms with Gasteiger partial charge in [-0.3, -0.25) is 0 Å². The van der Waals surface area contributed by atoms with E-state index in [9.17, 15) is 0 Å². The Bertz CT molecular complexity index is 445. The summed E-state index contributed by atoms with van der Waals surface area (Å²) in [5.74, 6) is 0. The van der Waals surface area contributed by atoms with Crippen LogP contribution < -0.4 is 0 Å². The van der Waals surface area contributed by atoms with Crippen molar-refractivity contribution in [2.45, 2.75) is 13.3 Å². The fourth-order valence-corrected chi connectivity index (χ4v) is 3.85. The monoisotopic (exact) mass is 414 g/mol. The number of aryl methyl sites for hydroxylation is 1. The van der Waals surface area contributed by atoms with Crippen LogP contribution in [0.4, 0.5) is 0 Å². The van der Waals surface area contributed by atoms with Gasteiger partial charge in [-0.2, -0.15) is 0 Å². The maximum Gasteiger partial charge on any atom is 0.0385 e. The SMILES string of the molecule is CCc1cc(I)c(I)c2ccsc12. The summed E-state index contributed by atoms with van der Waals surface area (Å²) in [5.41, 5.74) is 1.48. The number of benzene rings is 1. The molecule has 1 aromatic carbocycles. The largest absolute Gasteiger partial charge is 0.143 e. The van der Waals surface area contributed by atoms with Crippen molar-refractivity contribution in [2.24, 2.45) is 0 Å². The van der Waals surface area contributed by atoms with Crippen LogP contribution in [0.1, 0.15) is 12.5 Å². The highest BCUT2D eigenvalue weighted by Crippen LogP contribution is 2.32. The lowest BCUT2D eigenvalue weighted by Gasteiger charge is -2.03. The van der Waals surface area contributed by atoms with Crippen LogP contribution in [0.2, 0.25) is 0 Å². The third-order valence-electron chi connectivity index (χ3n) is 2.08. The molecule has 2 aromatic rings. The van der Waals surface area contributed by atoms with Gasteiger partial charge in [0, 0.05) is 17.2 Å². The average molecular weight is 414 g/mol. The van der Waals surface area contributed by atoms with Crippen molar-refractivity contribution < 1.29 is 0 Å². The van der Waals surface area contributed by atoms with E-state index in [0.717, 1.165) is 6.42 Å². The minimum atomic E-state index is 1.13. The highest BCUT2D eigenvalue weighted by atomic mass is 127. The molecule has 0 aliphatic rings. The van der Waals surface area contributed by atoms with Crippen LogP contribution in [-0.4, -0.2) is 0 Å². The normalized spacial score (nSPS) is 11.0. The minimum absolute atomic E-state index is 1.13. The van der Waals surface area contributed by atoms with E-state index in [-0.39, 0.29) is 0 Å². The Morgan fingerprint density at radius 2 is 2.15 bits per heavy atom. The number of rotatable bonds is 1. The van der Waals surface area contributed by atoms with Gasteiger partial charge in [0.25, 0.3) is 0 Å². The molecule has 2 rings (SSSR count). The molecular weight excluding hydrogens is 406 g/mol. The van der Waals surface area contributed by atoms with E-state index in [1.165, 1.54) is 22.8 Å². The number of halogens is 2. The second-order valence-electron chi connectivity index (χ2n) is 2.85. The van der Waals surface area contributed by atoms with E-state index in [4.69, 9.17) is 0 Å². The first-order valence-corrected chi connectivity index (χ1v) is 7.11. The van der Waals surface area contributed by atoms with Crippen molar-refractivity contribution >= 4 is 66.6 Å². The lowest BCUT2D eigenvalue weighted by atomic mass is 10.1. The van der Waals surface area contributed by atoms with Crippen molar-refractivity contribution in [2.75, 3.05) is 0 Å². The highest BCUT2D eigenvalue weighted by molar-refractivity contribution is 14.1. The van der Waals surface area contributed by atoms with Gasteiger partial charge < -0.3 is 0 Å². The molecule has 0 aliphatic carbocycles. The van der Waals surface area contributed by atoms with Crippen LogP contribution in [0.15, 0.2) is 17.5 Å². The summed E-state index contributed by atoms with van der Waals surface area (Å²) >= 11 is 6.70. The zero-order valence-electron chi connectivity index (χ0n) is 7.10. The number of hydrogen-bond donors (Lipinski definition) is 0. The number of thiophene rings is 1. The van der Waals surface area contributed by atoms with Gasteiger partial charge in [-0.05, 0) is 74.7 Å². The molecule has 0 bridgehead atoms. The fraction of sp³-hybridized carbons (Fsp3) is 0.200. The van der Waals surface area contributed by atoms with E-state index in [1.807, 2.05) is 11.3 Å². The lowest BCUT2D eigenvalue weighted by molar-refractivity contribution is 1.16. The molecule has 0 fully saturated rings. The third kappa shape index (κ3) is 1.74. The maximum atomic E-state index is 2.43. The first-order valence-electron chi connectivity index (χ1n) is 4.08. The fourth-order valence-electron chi connectivity index (χ4n) is 1.40. The van der Waals surface area contributed by atoms with Crippen LogP contribution in [-0.2, 0) is 6.42 Å². The molecule has 0 radical (unpaired) electrons. The van der Waals surface area contributed by atoms with Gasteiger partial charge in [0.1, 0.15) is 0 Å². The predicted molar refractivity (Wildman–Crippen MR) is 76.6 cm³/mol. The molecule has 1 heterocycles. The van der Waals surface area contributed by atoms with E-state index < -0.39 is 0 Å². The molecule has 0 spiro atoms. The Labute approximate surface area is 109 Å². The first-order chi connectivity index (χ1) is 6.24. The molecule has 13 heavy (non-hydrogen) atoms. The van der Waals surface area contributed by atoms with Gasteiger partial charge in [0.15, 0.2) is 0 Å². The van der Waals surface area contributed by atoms with E-state index >= 15 is 0 Å². The van der Waals surface area contributed by atoms with E-state index in [0.29, 0.717) is 0 Å². The summed E-state index contributed by atoms with van der Waals surface area (Å²) in [6.45, 7) is 2.22. The second-order valence-corrected chi connectivity index (χ2v) is 6.01. The average Bonchev–Trinajstić information content (AvgIpc) is 2.60. The van der Waals surface area contributed by atoms with Crippen LogP contribution in [0, 0.1) is 7.14 Å². The zero-order valence-corrected chi connectivity index (χ0v) is 12.2. The van der Waals surface area contributed by atoms with Gasteiger partial charge >= 0.3 is 0 Å². The zero-order chi connectivity index (χ0) is 9.42.